The lowest BCUT2D eigenvalue weighted by molar-refractivity contribution is 0.310. The van der Waals surface area contributed by atoms with E-state index < -0.39 is 22.2 Å². The van der Waals surface area contributed by atoms with Gasteiger partial charge in [-0.3, -0.25) is 5.41 Å². The van der Waals surface area contributed by atoms with Gasteiger partial charge in [0.2, 0.25) is 10.3 Å². The van der Waals surface area contributed by atoms with Gasteiger partial charge in [-0.25, -0.2) is 0 Å². The Morgan fingerprint density at radius 1 is 1.78 bits per heavy atom. The zero-order valence-electron chi connectivity index (χ0n) is 4.40. The summed E-state index contributed by atoms with van der Waals surface area (Å²) in [6.45, 7) is 0. The predicted molar refractivity (Wildman–Crippen MR) is 32.9 cm³/mol. The third-order valence-electron chi connectivity index (χ3n) is 0.559. The predicted octanol–water partition coefficient (Wildman–Crippen LogP) is -2.04. The van der Waals surface area contributed by atoms with Crippen LogP contribution in [0.3, 0.4) is 0 Å². The van der Waals surface area contributed by atoms with Gasteiger partial charge < -0.3 is 10.8 Å². The van der Waals surface area contributed by atoms with E-state index in [2.05, 4.69) is 0 Å². The molecule has 0 fully saturated rings. The first-order valence-corrected chi connectivity index (χ1v) is 3.13. The third kappa shape index (κ3) is 3.68. The molecular weight excluding hydrogens is 144 g/mol. The Kier molecular flexibility index (Phi) is 2.89. The maximum absolute atomic E-state index is 9.75. The standard InChI is InChI=1S/C3H6N2O3S/c4-3(5)2(6)1-9(7)8/h1-2,6H,(H3,4,5). The van der Waals surface area contributed by atoms with Crippen LogP contribution < -0.4 is 5.73 Å². The third-order valence-corrected chi connectivity index (χ3v) is 1.04. The number of nitrogens with one attached hydrogen (secondary N) is 1. The van der Waals surface area contributed by atoms with E-state index in [1.54, 1.807) is 0 Å². The van der Waals surface area contributed by atoms with Gasteiger partial charge in [0.25, 0.3) is 0 Å². The summed E-state index contributed by atoms with van der Waals surface area (Å²) in [7, 11) is -2.46. The second-order valence-corrected chi connectivity index (χ2v) is 2.09. The van der Waals surface area contributed by atoms with E-state index in [4.69, 9.17) is 16.2 Å². The van der Waals surface area contributed by atoms with Crippen LogP contribution in [0.2, 0.25) is 0 Å². The summed E-state index contributed by atoms with van der Waals surface area (Å²) in [5.74, 6) is -0.584. The molecule has 0 aliphatic rings. The van der Waals surface area contributed by atoms with Crippen molar-refractivity contribution in [2.75, 3.05) is 0 Å². The Hall–Kier alpha value is -0.880. The van der Waals surface area contributed by atoms with Crippen LogP contribution in [0.15, 0.2) is 0 Å². The van der Waals surface area contributed by atoms with Crippen molar-refractivity contribution >= 4 is 21.5 Å². The Morgan fingerprint density at radius 3 is 2.33 bits per heavy atom. The summed E-state index contributed by atoms with van der Waals surface area (Å²) in [4.78, 5) is 0. The average molecular weight is 150 g/mol. The van der Waals surface area contributed by atoms with Crippen molar-refractivity contribution in [1.82, 2.24) is 0 Å². The molecule has 0 aromatic heterocycles. The number of hydrogen-bond donors (Lipinski definition) is 3. The molecule has 0 amide bonds. The summed E-state index contributed by atoms with van der Waals surface area (Å²) < 4.78 is 19.5. The van der Waals surface area contributed by atoms with Crippen molar-refractivity contribution in [3.63, 3.8) is 0 Å². The van der Waals surface area contributed by atoms with Crippen molar-refractivity contribution in [2.24, 2.45) is 5.73 Å². The molecule has 0 saturated carbocycles. The summed E-state index contributed by atoms with van der Waals surface area (Å²) in [5.41, 5.74) is 4.71. The SMILES string of the molecule is N=C(N)C(O)C=S(=O)=O. The van der Waals surface area contributed by atoms with E-state index in [1.165, 1.54) is 0 Å². The molecule has 0 saturated heterocycles. The fraction of sp³-hybridized carbons (Fsp3) is 0.333. The minimum atomic E-state index is -2.46. The van der Waals surface area contributed by atoms with Crippen LogP contribution in [0.25, 0.3) is 0 Å². The molecule has 6 heteroatoms. The molecule has 0 aromatic carbocycles. The number of amidine groups is 1. The van der Waals surface area contributed by atoms with E-state index in [9.17, 15) is 8.42 Å². The van der Waals surface area contributed by atoms with Gasteiger partial charge in [0.15, 0.2) is 0 Å². The van der Waals surface area contributed by atoms with Crippen molar-refractivity contribution in [2.45, 2.75) is 6.10 Å². The van der Waals surface area contributed by atoms with Gasteiger partial charge in [-0.15, -0.1) is 0 Å². The maximum Gasteiger partial charge on any atom is 0.213 e. The molecule has 4 N–H and O–H groups in total. The van der Waals surface area contributed by atoms with Gasteiger partial charge >= 0.3 is 0 Å². The summed E-state index contributed by atoms with van der Waals surface area (Å²) in [6, 6.07) is 0. The highest BCUT2D eigenvalue weighted by Gasteiger charge is 2.01. The number of hydrogen-bond acceptors (Lipinski definition) is 4. The lowest BCUT2D eigenvalue weighted by atomic mass is 10.4. The van der Waals surface area contributed by atoms with Crippen molar-refractivity contribution in [1.29, 1.82) is 5.41 Å². The van der Waals surface area contributed by atoms with Gasteiger partial charge in [0.05, 0.1) is 5.37 Å². The first-order valence-electron chi connectivity index (χ1n) is 1.99. The Balaban J connectivity index is 4.26. The molecule has 0 radical (unpaired) electrons. The minimum absolute atomic E-state index is 0.530. The largest absolute Gasteiger partial charge is 0.385 e. The molecule has 0 aliphatic heterocycles. The van der Waals surface area contributed by atoms with Crippen LogP contribution in [0.1, 0.15) is 0 Å². The zero-order chi connectivity index (χ0) is 7.44. The number of rotatable bonds is 2. The highest BCUT2D eigenvalue weighted by Crippen LogP contribution is 1.71. The van der Waals surface area contributed by atoms with Crippen LogP contribution in [0.5, 0.6) is 0 Å². The molecule has 1 unspecified atom stereocenters. The van der Waals surface area contributed by atoms with Crippen LogP contribution in [0, 0.1) is 5.41 Å². The molecule has 0 heterocycles. The number of aliphatic hydroxyl groups is 1. The first-order chi connectivity index (χ1) is 4.04. The second-order valence-electron chi connectivity index (χ2n) is 1.30. The fourth-order valence-electron chi connectivity index (χ4n) is 0.179. The number of nitrogens with two attached hydrogens (primary N) is 1. The maximum atomic E-state index is 9.75. The Morgan fingerprint density at radius 2 is 2.22 bits per heavy atom. The molecule has 0 spiro atoms. The summed E-state index contributed by atoms with van der Waals surface area (Å²) in [6.07, 6.45) is -1.48. The molecular formula is C3H6N2O3S. The van der Waals surface area contributed by atoms with Gasteiger partial charge in [0.1, 0.15) is 11.9 Å². The molecule has 0 rings (SSSR count). The van der Waals surface area contributed by atoms with Crippen LogP contribution in [0.4, 0.5) is 0 Å². The molecule has 5 nitrogen and oxygen atoms in total. The summed E-state index contributed by atoms with van der Waals surface area (Å²) >= 11 is 0. The van der Waals surface area contributed by atoms with Crippen LogP contribution >= 0.6 is 0 Å². The second kappa shape index (κ2) is 3.21. The molecule has 9 heavy (non-hydrogen) atoms. The lowest BCUT2D eigenvalue weighted by Crippen LogP contribution is -2.28. The average Bonchev–Trinajstić information content (AvgIpc) is 1.63. The van der Waals surface area contributed by atoms with Gasteiger partial charge in [-0.05, 0) is 0 Å². The van der Waals surface area contributed by atoms with Crippen molar-refractivity contribution in [3.05, 3.63) is 0 Å². The Bertz CT molecular complexity index is 221. The normalized spacial score (nSPS) is 12.1. The molecule has 0 aromatic rings. The topological polar surface area (TPSA) is 104 Å². The van der Waals surface area contributed by atoms with E-state index in [-0.39, 0.29) is 0 Å². The fourth-order valence-corrected chi connectivity index (χ4v) is 0.536. The van der Waals surface area contributed by atoms with Crippen LogP contribution in [-0.2, 0) is 10.3 Å². The molecule has 52 valence electrons. The van der Waals surface area contributed by atoms with E-state index in [0.717, 1.165) is 0 Å². The number of aliphatic hydroxyl groups excluding tert-OH is 1. The molecule has 0 bridgehead atoms. The van der Waals surface area contributed by atoms with E-state index >= 15 is 0 Å². The monoisotopic (exact) mass is 150 g/mol. The summed E-state index contributed by atoms with van der Waals surface area (Å²) in [5, 5.41) is 15.5. The molecule has 0 aliphatic carbocycles. The van der Waals surface area contributed by atoms with E-state index in [1.807, 2.05) is 0 Å². The van der Waals surface area contributed by atoms with Gasteiger partial charge in [-0.2, -0.15) is 8.42 Å². The molecule has 1 atom stereocenters. The quantitative estimate of drug-likeness (QED) is 0.240. The van der Waals surface area contributed by atoms with Crippen LogP contribution in [-0.4, -0.2) is 30.8 Å². The first kappa shape index (κ1) is 8.12. The highest BCUT2D eigenvalue weighted by molar-refractivity contribution is 7.71. The Labute approximate surface area is 53.1 Å². The van der Waals surface area contributed by atoms with Crippen molar-refractivity contribution < 1.29 is 13.5 Å². The smallest absolute Gasteiger partial charge is 0.213 e. The highest BCUT2D eigenvalue weighted by atomic mass is 32.2. The van der Waals surface area contributed by atoms with Crippen molar-refractivity contribution in [3.8, 4) is 0 Å². The minimum Gasteiger partial charge on any atom is -0.385 e. The lowest BCUT2D eigenvalue weighted by Gasteiger charge is -1.95. The van der Waals surface area contributed by atoms with Gasteiger partial charge in [0, 0.05) is 0 Å². The van der Waals surface area contributed by atoms with Gasteiger partial charge in [-0.1, -0.05) is 0 Å². The zero-order valence-corrected chi connectivity index (χ0v) is 5.22. The van der Waals surface area contributed by atoms with E-state index in [0.29, 0.717) is 5.37 Å².